The van der Waals surface area contributed by atoms with Crippen molar-refractivity contribution in [3.05, 3.63) is 288 Å². The lowest BCUT2D eigenvalue weighted by Gasteiger charge is -2.49. The minimum atomic E-state index is -3.33. The molecule has 0 aromatic heterocycles. The first-order valence-corrected chi connectivity index (χ1v) is 37.2. The van der Waals surface area contributed by atoms with Crippen LogP contribution in [0.15, 0.2) is 255 Å². The normalized spacial score (nSPS) is 27.5. The third-order valence-corrected chi connectivity index (χ3v) is 24.1. The molecule has 0 bridgehead atoms. The molecular weight excluding hydrogens is 1310 g/mol. The summed E-state index contributed by atoms with van der Waals surface area (Å²) in [5.74, 6) is -4.55. The van der Waals surface area contributed by atoms with Gasteiger partial charge in [0, 0.05) is 0 Å². The fraction of sp³-hybridized carbons (Fsp3) is 0.393. The van der Waals surface area contributed by atoms with Crippen LogP contribution in [0.25, 0.3) is 0 Å². The molecule has 5 fully saturated rings. The number of fused-ring (bicyclic) bond motifs is 3. The van der Waals surface area contributed by atoms with Crippen LogP contribution in [0.3, 0.4) is 0 Å². The Morgan fingerprint density at radius 3 is 1.34 bits per heavy atom. The second-order valence-electron chi connectivity index (χ2n) is 28.4. The molecule has 13 rings (SSSR count). The van der Waals surface area contributed by atoms with Gasteiger partial charge < -0.3 is 75.5 Å². The quantitative estimate of drug-likeness (QED) is 0.0174. The van der Waals surface area contributed by atoms with Crippen LogP contribution >= 0.6 is 0 Å². The van der Waals surface area contributed by atoms with Crippen LogP contribution in [-0.4, -0.2) is 131 Å². The van der Waals surface area contributed by atoms with E-state index in [0.29, 0.717) is 0 Å². The predicted molar refractivity (Wildman–Crippen MR) is 385 cm³/mol. The first kappa shape index (κ1) is 73.1. The van der Waals surface area contributed by atoms with Crippen LogP contribution in [0.2, 0.25) is 5.04 Å². The van der Waals surface area contributed by atoms with Crippen molar-refractivity contribution in [3.63, 3.8) is 0 Å². The van der Waals surface area contributed by atoms with E-state index in [9.17, 15) is 0 Å². The molecule has 0 amide bonds. The molecule has 536 valence electrons. The third-order valence-electron chi connectivity index (χ3n) is 19.1. The van der Waals surface area contributed by atoms with Crippen molar-refractivity contribution in [2.45, 2.75) is 190 Å². The number of ketones is 1. The summed E-state index contributed by atoms with van der Waals surface area (Å²) in [5, 5.41) is 1.72. The van der Waals surface area contributed by atoms with Crippen molar-refractivity contribution in [3.8, 4) is 0 Å². The van der Waals surface area contributed by atoms with Crippen LogP contribution in [-0.2, 0) is 120 Å². The second-order valence-corrected chi connectivity index (χ2v) is 32.7. The van der Waals surface area contributed by atoms with Crippen molar-refractivity contribution >= 4 is 24.5 Å². The smallest absolute Gasteiger partial charge is 0.261 e. The summed E-state index contributed by atoms with van der Waals surface area (Å²) in [6.07, 6.45) is -9.85. The molecule has 0 aliphatic carbocycles. The van der Waals surface area contributed by atoms with Gasteiger partial charge in [0.05, 0.1) is 46.2 Å². The van der Waals surface area contributed by atoms with Crippen molar-refractivity contribution < 1.29 is 80.3 Å². The highest BCUT2D eigenvalue weighted by atomic mass is 28.4. The molecule has 8 aromatic carbocycles. The fourth-order valence-corrected chi connectivity index (χ4v) is 18.9. The Bertz CT molecular complexity index is 3860. The number of benzene rings is 8. The largest absolute Gasteiger partial charge is 0.405 e. The maximum absolute atomic E-state index is 15.3. The molecule has 0 N–H and O–H groups in total. The highest BCUT2D eigenvalue weighted by molar-refractivity contribution is 6.99. The lowest BCUT2D eigenvalue weighted by atomic mass is 9.95. The monoisotopic (exact) mass is 1400 g/mol. The van der Waals surface area contributed by atoms with Crippen molar-refractivity contribution in [1.29, 1.82) is 0 Å². The first-order valence-electron chi connectivity index (χ1n) is 35.3. The zero-order valence-corrected chi connectivity index (χ0v) is 60.1. The fourth-order valence-electron chi connectivity index (χ4n) is 14.4. The van der Waals surface area contributed by atoms with Crippen LogP contribution in [0.1, 0.15) is 81.8 Å². The number of hydrogen-bond donors (Lipinski definition) is 0. The third kappa shape index (κ3) is 17.6. The highest BCUT2D eigenvalue weighted by Gasteiger charge is 2.64. The summed E-state index contributed by atoms with van der Waals surface area (Å²) in [4.78, 5) is 15.3. The van der Waals surface area contributed by atoms with Gasteiger partial charge >= 0.3 is 0 Å². The zero-order valence-electron chi connectivity index (χ0n) is 59.1. The summed E-state index contributed by atoms with van der Waals surface area (Å²) in [5.41, 5.74) is 5.40. The molecule has 14 atom stereocenters. The van der Waals surface area contributed by atoms with Gasteiger partial charge in [0.1, 0.15) is 74.4 Å². The van der Waals surface area contributed by atoms with Gasteiger partial charge in [0.15, 0.2) is 36.0 Å². The van der Waals surface area contributed by atoms with E-state index in [2.05, 4.69) is 69.3 Å². The summed E-state index contributed by atoms with van der Waals surface area (Å²) in [7, 11) is -3.33. The van der Waals surface area contributed by atoms with E-state index in [-0.39, 0.29) is 59.6 Å². The SMILES string of the molecule is CC1(C)O[C@H]2[C@@H](O1)[C@@H](C(=O)/C=C/[C@H]1O[C@@](COCOCc3ccccc3)(O[C@H]3O[C@H](CO[Si](c4ccccc4)(c4ccccc4)C(C)(C)C)[C@@H](OCc4ccccc4)[C@H](OCc4ccccc4)[C@H]3OCc3ccccc3)[C@@H](OCc3ccccc3)[C@@H]1OCc1ccccc1)O[C@@H]1OC(C)(C)O[C@@H]12. The van der Waals surface area contributed by atoms with Crippen LogP contribution in [0.4, 0.5) is 0 Å². The van der Waals surface area contributed by atoms with Gasteiger partial charge in [0.25, 0.3) is 8.32 Å². The van der Waals surface area contributed by atoms with Gasteiger partial charge in [-0.25, -0.2) is 0 Å². The summed E-state index contributed by atoms with van der Waals surface area (Å²) >= 11 is 0. The first-order chi connectivity index (χ1) is 49.5. The van der Waals surface area contributed by atoms with Crippen LogP contribution in [0, 0.1) is 0 Å². The van der Waals surface area contributed by atoms with E-state index in [1.54, 1.807) is 33.8 Å². The highest BCUT2D eigenvalue weighted by Crippen LogP contribution is 2.47. The topological polar surface area (TPSA) is 165 Å². The van der Waals surface area contributed by atoms with E-state index in [1.165, 1.54) is 6.08 Å². The molecule has 5 aliphatic rings. The van der Waals surface area contributed by atoms with Gasteiger partial charge in [0.2, 0.25) is 5.79 Å². The Morgan fingerprint density at radius 2 is 0.853 bits per heavy atom. The molecule has 5 heterocycles. The Balaban J connectivity index is 0.953. The molecule has 5 aliphatic heterocycles. The Labute approximate surface area is 600 Å². The second kappa shape index (κ2) is 33.2. The standard InChI is InChI=1S/C84H94O17Si/c1-81(2,3)102(65-44-28-14-29-45-65,66-46-30-15-31-47-66)93-56-69-71(88-51-60-34-18-9-19-35-60)73(90-53-62-38-22-11-23-39-62)76(91-54-63-40-24-12-25-41-63)79(94-69)101-84(57-87-58-86-50-59-32-16-8-17-33-59)78(92-55-64-42-26-13-27-43-64)72(89-52-61-36-20-10-21-37-61)68(96-84)49-48-67(85)70-74-75(98-82(4,5)97-74)77-80(95-70)100-83(6,7)99-77/h8-49,68-80H,50-58H2,1-7H3/b49-48+/t68-,69-,70-,71-,72-,73+,74+,75+,76-,77-,78+,79-,80-,84+/m1/s1. The van der Waals surface area contributed by atoms with Crippen LogP contribution < -0.4 is 10.4 Å². The molecular formula is C84H94O17Si. The Hall–Kier alpha value is -7.25. The molecule has 0 unspecified atom stereocenters. The lowest BCUT2D eigenvalue weighted by Crippen LogP contribution is -2.69. The van der Waals surface area contributed by atoms with E-state index >= 15 is 4.79 Å². The van der Waals surface area contributed by atoms with Gasteiger partial charge in [-0.15, -0.1) is 0 Å². The summed E-state index contributed by atoms with van der Waals surface area (Å²) < 4.78 is 113. The van der Waals surface area contributed by atoms with E-state index in [1.807, 2.05) is 194 Å². The number of ether oxygens (including phenoxy) is 15. The number of carbonyl (C=O) groups is 1. The maximum Gasteiger partial charge on any atom is 0.261 e. The molecule has 0 radical (unpaired) electrons. The minimum Gasteiger partial charge on any atom is -0.405 e. The average molecular weight is 1400 g/mol. The van der Waals surface area contributed by atoms with Crippen molar-refractivity contribution in [2.24, 2.45) is 0 Å². The molecule has 0 spiro atoms. The van der Waals surface area contributed by atoms with E-state index < -0.39 is 116 Å². The summed E-state index contributed by atoms with van der Waals surface area (Å²) in [6, 6.07) is 80.5. The van der Waals surface area contributed by atoms with E-state index in [0.717, 1.165) is 43.8 Å². The van der Waals surface area contributed by atoms with Crippen LogP contribution in [0.5, 0.6) is 0 Å². The summed E-state index contributed by atoms with van der Waals surface area (Å²) in [6.45, 7) is 14.2. The molecule has 17 nitrogen and oxygen atoms in total. The number of rotatable bonds is 31. The lowest BCUT2D eigenvalue weighted by molar-refractivity contribution is -0.397. The van der Waals surface area contributed by atoms with Crippen molar-refractivity contribution in [2.75, 3.05) is 20.0 Å². The molecule has 18 heteroatoms. The molecule has 0 saturated carbocycles. The molecule has 5 saturated heterocycles. The Kier molecular flexibility index (Phi) is 23.8. The zero-order chi connectivity index (χ0) is 70.6. The molecule has 102 heavy (non-hydrogen) atoms. The Morgan fingerprint density at radius 1 is 0.441 bits per heavy atom. The van der Waals surface area contributed by atoms with Gasteiger partial charge in [-0.1, -0.05) is 263 Å². The van der Waals surface area contributed by atoms with Crippen molar-refractivity contribution in [1.82, 2.24) is 0 Å². The average Bonchev–Trinajstić information content (AvgIpc) is 1.60. The van der Waals surface area contributed by atoms with Gasteiger partial charge in [-0.05, 0) is 88.6 Å². The minimum absolute atomic E-state index is 0.00159. The predicted octanol–water partition coefficient (Wildman–Crippen LogP) is 13.0. The number of hydrogen-bond acceptors (Lipinski definition) is 17. The number of carbonyl (C=O) groups excluding carboxylic acids is 1. The maximum atomic E-state index is 15.3. The van der Waals surface area contributed by atoms with Gasteiger partial charge in [-0.2, -0.15) is 0 Å². The van der Waals surface area contributed by atoms with E-state index in [4.69, 9.17) is 75.5 Å². The van der Waals surface area contributed by atoms with Gasteiger partial charge in [-0.3, -0.25) is 4.79 Å². The molecule has 8 aromatic rings.